The Kier molecular flexibility index (Phi) is 4.49. The zero-order chi connectivity index (χ0) is 15.5. The highest BCUT2D eigenvalue weighted by molar-refractivity contribution is 7.13. The Labute approximate surface area is 136 Å². The largest absolute Gasteiger partial charge is 0.348 e. The van der Waals surface area contributed by atoms with Crippen LogP contribution in [0, 0.1) is 6.92 Å². The number of hydrogen-bond donors (Lipinski definition) is 1. The fourth-order valence-corrected chi connectivity index (χ4v) is 3.64. The monoisotopic (exact) mass is 336 g/mol. The molecule has 0 aromatic carbocycles. The molecule has 6 nitrogen and oxygen atoms in total. The fraction of sp³-hybridized carbons (Fsp3) is 0.429. The first kappa shape index (κ1) is 15.1. The maximum atomic E-state index is 12.2. The molecular formula is C14H16N4O2S2. The van der Waals surface area contributed by atoms with Gasteiger partial charge in [-0.1, -0.05) is 0 Å². The summed E-state index contributed by atoms with van der Waals surface area (Å²) in [6, 6.07) is 3.92. The van der Waals surface area contributed by atoms with Gasteiger partial charge in [-0.3, -0.25) is 9.59 Å². The SMILES string of the molecule is Cc1ccc(C(=O)NC2CCN(C(=O)c3cnsn3)CC2)s1. The molecule has 8 heteroatoms. The van der Waals surface area contributed by atoms with Gasteiger partial charge in [0, 0.05) is 24.0 Å². The highest BCUT2D eigenvalue weighted by atomic mass is 32.1. The number of carbonyl (C=O) groups is 2. The van der Waals surface area contributed by atoms with Crippen LogP contribution in [0.15, 0.2) is 18.3 Å². The molecule has 0 unspecified atom stereocenters. The van der Waals surface area contributed by atoms with E-state index in [0.29, 0.717) is 18.8 Å². The second kappa shape index (κ2) is 6.53. The minimum atomic E-state index is -0.0765. The minimum absolute atomic E-state index is 0.0217. The number of aromatic nitrogens is 2. The van der Waals surface area contributed by atoms with Crippen molar-refractivity contribution in [2.24, 2.45) is 0 Å². The topological polar surface area (TPSA) is 75.2 Å². The van der Waals surface area contributed by atoms with E-state index in [2.05, 4.69) is 14.1 Å². The molecule has 0 atom stereocenters. The van der Waals surface area contributed by atoms with Gasteiger partial charge >= 0.3 is 0 Å². The molecule has 3 heterocycles. The third kappa shape index (κ3) is 3.33. The van der Waals surface area contributed by atoms with E-state index < -0.39 is 0 Å². The molecule has 1 aliphatic heterocycles. The number of carbonyl (C=O) groups excluding carboxylic acids is 2. The first-order chi connectivity index (χ1) is 10.6. The first-order valence-corrected chi connectivity index (χ1v) is 8.62. The van der Waals surface area contributed by atoms with E-state index in [1.54, 1.807) is 4.90 Å². The van der Waals surface area contributed by atoms with Crippen LogP contribution in [0.3, 0.4) is 0 Å². The lowest BCUT2D eigenvalue weighted by Crippen LogP contribution is -2.46. The molecule has 116 valence electrons. The van der Waals surface area contributed by atoms with Crippen molar-refractivity contribution in [2.75, 3.05) is 13.1 Å². The molecule has 1 fully saturated rings. The highest BCUT2D eigenvalue weighted by Gasteiger charge is 2.26. The van der Waals surface area contributed by atoms with Gasteiger partial charge in [0.1, 0.15) is 0 Å². The van der Waals surface area contributed by atoms with Gasteiger partial charge in [0.15, 0.2) is 5.69 Å². The van der Waals surface area contributed by atoms with Crippen LogP contribution in [0.4, 0.5) is 0 Å². The van der Waals surface area contributed by atoms with Crippen LogP contribution in [0.1, 0.15) is 37.9 Å². The summed E-state index contributed by atoms with van der Waals surface area (Å²) in [5.41, 5.74) is 0.404. The van der Waals surface area contributed by atoms with Gasteiger partial charge in [0.05, 0.1) is 22.8 Å². The van der Waals surface area contributed by atoms with Crippen LogP contribution in [0.25, 0.3) is 0 Å². The van der Waals surface area contributed by atoms with Crippen molar-refractivity contribution in [2.45, 2.75) is 25.8 Å². The summed E-state index contributed by atoms with van der Waals surface area (Å²) in [6.07, 6.45) is 3.03. The maximum Gasteiger partial charge on any atom is 0.275 e. The maximum absolute atomic E-state index is 12.2. The van der Waals surface area contributed by atoms with Crippen molar-refractivity contribution < 1.29 is 9.59 Å². The predicted molar refractivity (Wildman–Crippen MR) is 85.4 cm³/mol. The Morgan fingerprint density at radius 1 is 1.32 bits per heavy atom. The smallest absolute Gasteiger partial charge is 0.275 e. The lowest BCUT2D eigenvalue weighted by Gasteiger charge is -2.31. The lowest BCUT2D eigenvalue weighted by atomic mass is 10.0. The number of likely N-dealkylation sites (tertiary alicyclic amines) is 1. The number of aryl methyl sites for hydroxylation is 1. The van der Waals surface area contributed by atoms with Crippen LogP contribution in [0.2, 0.25) is 0 Å². The molecule has 22 heavy (non-hydrogen) atoms. The molecule has 0 spiro atoms. The molecule has 2 aromatic heterocycles. The molecule has 3 rings (SSSR count). The molecular weight excluding hydrogens is 320 g/mol. The summed E-state index contributed by atoms with van der Waals surface area (Å²) < 4.78 is 7.83. The van der Waals surface area contributed by atoms with Crippen molar-refractivity contribution in [3.63, 3.8) is 0 Å². The molecule has 2 amide bonds. The number of nitrogens with one attached hydrogen (secondary N) is 1. The van der Waals surface area contributed by atoms with Gasteiger partial charge < -0.3 is 10.2 Å². The Balaban J connectivity index is 1.51. The number of amides is 2. The molecule has 0 saturated carbocycles. The molecule has 1 N–H and O–H groups in total. The molecule has 1 aliphatic rings. The van der Waals surface area contributed by atoms with E-state index in [1.807, 2.05) is 19.1 Å². The van der Waals surface area contributed by atoms with Gasteiger partial charge in [0.25, 0.3) is 11.8 Å². The van der Waals surface area contributed by atoms with Gasteiger partial charge in [-0.25, -0.2) is 0 Å². The highest BCUT2D eigenvalue weighted by Crippen LogP contribution is 2.17. The molecule has 2 aromatic rings. The first-order valence-electron chi connectivity index (χ1n) is 7.07. The number of piperidine rings is 1. The zero-order valence-corrected chi connectivity index (χ0v) is 13.7. The van der Waals surface area contributed by atoms with Crippen LogP contribution in [-0.2, 0) is 0 Å². The second-order valence-electron chi connectivity index (χ2n) is 5.24. The van der Waals surface area contributed by atoms with E-state index in [1.165, 1.54) is 17.5 Å². The van der Waals surface area contributed by atoms with Gasteiger partial charge in [-0.15, -0.1) is 11.3 Å². The average molecular weight is 336 g/mol. The summed E-state index contributed by atoms with van der Waals surface area (Å²) in [5, 5.41) is 3.05. The van der Waals surface area contributed by atoms with Gasteiger partial charge in [0.2, 0.25) is 0 Å². The Morgan fingerprint density at radius 2 is 2.09 bits per heavy atom. The van der Waals surface area contributed by atoms with E-state index in [0.717, 1.165) is 34.3 Å². The van der Waals surface area contributed by atoms with E-state index in [9.17, 15) is 9.59 Å². The second-order valence-corrected chi connectivity index (χ2v) is 7.09. The number of rotatable bonds is 3. The fourth-order valence-electron chi connectivity index (χ4n) is 2.46. The molecule has 0 radical (unpaired) electrons. The van der Waals surface area contributed by atoms with E-state index >= 15 is 0 Å². The minimum Gasteiger partial charge on any atom is -0.348 e. The average Bonchev–Trinajstić information content (AvgIpc) is 3.18. The van der Waals surface area contributed by atoms with E-state index in [4.69, 9.17) is 0 Å². The summed E-state index contributed by atoms with van der Waals surface area (Å²) in [4.78, 5) is 27.9. The predicted octanol–water partition coefficient (Wildman–Crippen LogP) is 1.94. The number of hydrogen-bond acceptors (Lipinski definition) is 6. The van der Waals surface area contributed by atoms with Crippen LogP contribution in [0.5, 0.6) is 0 Å². The molecule has 1 saturated heterocycles. The van der Waals surface area contributed by atoms with Crippen molar-refractivity contribution in [3.05, 3.63) is 33.8 Å². The van der Waals surface area contributed by atoms with E-state index in [-0.39, 0.29) is 17.9 Å². The summed E-state index contributed by atoms with van der Waals surface area (Å²) in [7, 11) is 0. The Hall–Kier alpha value is -1.80. The zero-order valence-electron chi connectivity index (χ0n) is 12.1. The molecule has 0 bridgehead atoms. The number of nitrogens with zero attached hydrogens (tertiary/aromatic N) is 3. The summed E-state index contributed by atoms with van der Waals surface area (Å²) in [5.74, 6) is -0.0982. The van der Waals surface area contributed by atoms with Crippen LogP contribution >= 0.6 is 23.1 Å². The standard InChI is InChI=1S/C14H16N4O2S2/c1-9-2-3-12(21-9)13(19)16-10-4-6-18(7-5-10)14(20)11-8-15-22-17-11/h2-3,8,10H,4-7H2,1H3,(H,16,19). The van der Waals surface area contributed by atoms with Gasteiger partial charge in [-0.2, -0.15) is 8.75 Å². The normalized spacial score (nSPS) is 15.8. The summed E-state index contributed by atoms with van der Waals surface area (Å²) in [6.45, 7) is 3.24. The third-order valence-corrected chi connectivity index (χ3v) is 5.14. The lowest BCUT2D eigenvalue weighted by molar-refractivity contribution is 0.0693. The van der Waals surface area contributed by atoms with Crippen LogP contribution < -0.4 is 5.32 Å². The summed E-state index contributed by atoms with van der Waals surface area (Å²) >= 11 is 2.53. The quantitative estimate of drug-likeness (QED) is 0.929. The van der Waals surface area contributed by atoms with Crippen molar-refractivity contribution in [1.29, 1.82) is 0 Å². The van der Waals surface area contributed by atoms with Gasteiger partial charge in [-0.05, 0) is 31.9 Å². The third-order valence-electron chi connectivity index (χ3n) is 3.66. The molecule has 0 aliphatic carbocycles. The Morgan fingerprint density at radius 3 is 2.68 bits per heavy atom. The van der Waals surface area contributed by atoms with Crippen molar-refractivity contribution >= 4 is 34.9 Å². The van der Waals surface area contributed by atoms with Crippen molar-refractivity contribution in [3.8, 4) is 0 Å². The van der Waals surface area contributed by atoms with Crippen molar-refractivity contribution in [1.82, 2.24) is 19.0 Å². The Bertz CT molecular complexity index is 660. The van der Waals surface area contributed by atoms with Crippen LogP contribution in [-0.4, -0.2) is 44.6 Å². The number of thiophene rings is 1.